The smallest absolute Gasteiger partial charge is 0.549 e. The van der Waals surface area contributed by atoms with Gasteiger partial charge < -0.3 is 50.2 Å². The molecular formula is C8H10FeN2NaO8. The first-order chi connectivity index (χ1) is 8.25. The molecule has 0 rings (SSSR count). The van der Waals surface area contributed by atoms with Crippen LogP contribution in [0.4, 0.5) is 0 Å². The van der Waals surface area contributed by atoms with Gasteiger partial charge in [-0.25, -0.2) is 0 Å². The first kappa shape index (κ1) is 27.6. The SMILES string of the molecule is O=C([O-])CNCC(=O)[O-].O=C([O-])CNCC(=O)[O-].[Fe+3].[Na+]. The van der Waals surface area contributed by atoms with Gasteiger partial charge in [-0.15, -0.1) is 0 Å². The minimum atomic E-state index is -1.34. The fraction of sp³-hybridized carbons (Fsp3) is 0.500. The summed E-state index contributed by atoms with van der Waals surface area (Å²) in [6, 6.07) is 0. The van der Waals surface area contributed by atoms with E-state index < -0.39 is 50.1 Å². The fourth-order valence-electron chi connectivity index (χ4n) is 0.533. The van der Waals surface area contributed by atoms with Crippen LogP contribution in [0.1, 0.15) is 0 Å². The van der Waals surface area contributed by atoms with Crippen LogP contribution in [0.15, 0.2) is 0 Å². The van der Waals surface area contributed by atoms with Crippen molar-refractivity contribution in [2.24, 2.45) is 0 Å². The second kappa shape index (κ2) is 18.3. The van der Waals surface area contributed by atoms with Gasteiger partial charge in [-0.3, -0.25) is 0 Å². The molecule has 20 heavy (non-hydrogen) atoms. The van der Waals surface area contributed by atoms with Crippen LogP contribution in [0.25, 0.3) is 0 Å². The molecule has 0 aromatic carbocycles. The number of nitrogens with one attached hydrogen (secondary N) is 2. The van der Waals surface area contributed by atoms with Gasteiger partial charge >= 0.3 is 46.6 Å². The van der Waals surface area contributed by atoms with Crippen molar-refractivity contribution >= 4 is 23.9 Å². The molecule has 0 atom stereocenters. The summed E-state index contributed by atoms with van der Waals surface area (Å²) in [5.74, 6) is -5.35. The standard InChI is InChI=1S/2C4H7NO4.Fe.Na/c2*6-3(7)1-5-2-4(8)9;;/h2*5H,1-2H2,(H,6,7)(H,8,9);;/q;;+3;+1/p-4. The molecule has 0 fully saturated rings. The summed E-state index contributed by atoms with van der Waals surface area (Å²) in [5, 5.41) is 42.5. The van der Waals surface area contributed by atoms with Crippen molar-refractivity contribution in [1.29, 1.82) is 0 Å². The Labute approximate surface area is 146 Å². The van der Waals surface area contributed by atoms with Crippen LogP contribution in [0, 0.1) is 0 Å². The Morgan fingerprint density at radius 1 is 0.600 bits per heavy atom. The monoisotopic (exact) mass is 341 g/mol. The van der Waals surface area contributed by atoms with Gasteiger partial charge in [0.25, 0.3) is 0 Å². The van der Waals surface area contributed by atoms with Crippen LogP contribution in [-0.2, 0) is 36.2 Å². The zero-order valence-electron chi connectivity index (χ0n) is 10.4. The molecule has 109 valence electrons. The molecule has 0 saturated heterocycles. The molecule has 0 heterocycles. The van der Waals surface area contributed by atoms with Crippen molar-refractivity contribution in [2.45, 2.75) is 0 Å². The van der Waals surface area contributed by atoms with Gasteiger partial charge in [0.1, 0.15) is 0 Å². The molecule has 0 aliphatic rings. The molecule has 0 amide bonds. The summed E-state index contributed by atoms with van der Waals surface area (Å²) in [6.07, 6.45) is 0. The van der Waals surface area contributed by atoms with E-state index >= 15 is 0 Å². The Morgan fingerprint density at radius 2 is 0.750 bits per heavy atom. The van der Waals surface area contributed by atoms with E-state index in [2.05, 4.69) is 10.6 Å². The number of carboxylic acid groups (broad SMARTS) is 4. The molecule has 0 aromatic rings. The maximum atomic E-state index is 9.59. The molecule has 0 bridgehead atoms. The second-order valence-corrected chi connectivity index (χ2v) is 2.70. The Kier molecular flexibility index (Phi) is 25.3. The van der Waals surface area contributed by atoms with E-state index in [9.17, 15) is 39.6 Å². The van der Waals surface area contributed by atoms with E-state index in [1.807, 2.05) is 0 Å². The van der Waals surface area contributed by atoms with Crippen molar-refractivity contribution in [3.63, 3.8) is 0 Å². The Bertz CT molecular complexity index is 257. The van der Waals surface area contributed by atoms with Crippen molar-refractivity contribution in [3.05, 3.63) is 0 Å². The quantitative estimate of drug-likeness (QED) is 0.402. The van der Waals surface area contributed by atoms with Crippen LogP contribution in [0.5, 0.6) is 0 Å². The molecule has 0 aliphatic heterocycles. The van der Waals surface area contributed by atoms with Crippen molar-refractivity contribution in [3.8, 4) is 0 Å². The average Bonchev–Trinajstić information content (AvgIpc) is 2.15. The van der Waals surface area contributed by atoms with Crippen LogP contribution < -0.4 is 60.6 Å². The van der Waals surface area contributed by atoms with Gasteiger partial charge in [0.05, 0.1) is 23.9 Å². The summed E-state index contributed by atoms with van der Waals surface area (Å²) in [4.78, 5) is 38.4. The Balaban J connectivity index is -0.000000116. The third kappa shape index (κ3) is 36.0. The van der Waals surface area contributed by atoms with Crippen LogP contribution in [0.2, 0.25) is 0 Å². The molecule has 0 spiro atoms. The zero-order chi connectivity index (χ0) is 14.6. The van der Waals surface area contributed by atoms with Gasteiger partial charge in [-0.05, 0) is 0 Å². The molecule has 0 aliphatic carbocycles. The van der Waals surface area contributed by atoms with E-state index in [4.69, 9.17) is 0 Å². The van der Waals surface area contributed by atoms with Crippen LogP contribution >= 0.6 is 0 Å². The maximum Gasteiger partial charge on any atom is 3.00 e. The number of hydrogen-bond acceptors (Lipinski definition) is 10. The van der Waals surface area contributed by atoms with Gasteiger partial charge in [0.2, 0.25) is 0 Å². The first-order valence-corrected chi connectivity index (χ1v) is 4.46. The van der Waals surface area contributed by atoms with E-state index in [0.29, 0.717) is 0 Å². The van der Waals surface area contributed by atoms with Gasteiger partial charge in [0.15, 0.2) is 0 Å². The average molecular weight is 341 g/mol. The molecule has 12 heteroatoms. The number of rotatable bonds is 8. The molecule has 0 aromatic heterocycles. The molecule has 0 unspecified atom stereocenters. The summed E-state index contributed by atoms with van der Waals surface area (Å²) >= 11 is 0. The maximum absolute atomic E-state index is 9.59. The minimum Gasteiger partial charge on any atom is -0.549 e. The Hall–Kier alpha value is -0.681. The van der Waals surface area contributed by atoms with E-state index in [-0.39, 0.29) is 46.6 Å². The number of aliphatic carboxylic acids is 4. The summed E-state index contributed by atoms with van der Waals surface area (Å²) < 4.78 is 0. The summed E-state index contributed by atoms with van der Waals surface area (Å²) in [5.41, 5.74) is 0. The van der Waals surface area contributed by atoms with Gasteiger partial charge in [-0.2, -0.15) is 0 Å². The molecular weight excluding hydrogens is 331 g/mol. The van der Waals surface area contributed by atoms with Crippen molar-refractivity contribution in [2.75, 3.05) is 26.2 Å². The molecule has 10 nitrogen and oxygen atoms in total. The van der Waals surface area contributed by atoms with E-state index in [1.54, 1.807) is 0 Å². The Morgan fingerprint density at radius 3 is 0.850 bits per heavy atom. The third-order valence-electron chi connectivity index (χ3n) is 1.08. The molecule has 0 saturated carbocycles. The molecule has 2 N–H and O–H groups in total. The van der Waals surface area contributed by atoms with Crippen LogP contribution in [-0.4, -0.2) is 50.1 Å². The first-order valence-electron chi connectivity index (χ1n) is 4.46. The van der Waals surface area contributed by atoms with Gasteiger partial charge in [0, 0.05) is 26.2 Å². The van der Waals surface area contributed by atoms with Gasteiger partial charge in [-0.1, -0.05) is 0 Å². The fourth-order valence-corrected chi connectivity index (χ4v) is 0.533. The predicted octanol–water partition coefficient (Wildman–Crippen LogP) is -10.8. The molecule has 1 radical (unpaired) electrons. The topological polar surface area (TPSA) is 185 Å². The van der Waals surface area contributed by atoms with Crippen molar-refractivity contribution in [1.82, 2.24) is 10.6 Å². The summed E-state index contributed by atoms with van der Waals surface area (Å²) in [6.45, 7) is -1.86. The minimum absolute atomic E-state index is 0. The predicted molar refractivity (Wildman–Crippen MR) is 45.8 cm³/mol. The third-order valence-corrected chi connectivity index (χ3v) is 1.08. The van der Waals surface area contributed by atoms with E-state index in [0.717, 1.165) is 0 Å². The normalized spacial score (nSPS) is 8.00. The summed E-state index contributed by atoms with van der Waals surface area (Å²) in [7, 11) is 0. The largest absolute Gasteiger partial charge is 3.00 e. The second-order valence-electron chi connectivity index (χ2n) is 2.70. The number of carbonyl (C=O) groups is 4. The zero-order valence-corrected chi connectivity index (χ0v) is 13.6. The van der Waals surface area contributed by atoms with Crippen molar-refractivity contribution < 1.29 is 86.2 Å². The number of hydrogen-bond donors (Lipinski definition) is 2. The van der Waals surface area contributed by atoms with E-state index in [1.165, 1.54) is 0 Å². The number of carbonyl (C=O) groups excluding carboxylic acids is 4. The number of carboxylic acids is 4. The van der Waals surface area contributed by atoms with Crippen LogP contribution in [0.3, 0.4) is 0 Å².